The zero-order valence-corrected chi connectivity index (χ0v) is 20.7. The Balaban J connectivity index is 1.24. The minimum atomic E-state index is -0.112. The molecule has 0 aliphatic carbocycles. The number of thiazole rings is 1. The van der Waals surface area contributed by atoms with Gasteiger partial charge in [0.05, 0.1) is 6.54 Å². The first kappa shape index (κ1) is 23.3. The highest BCUT2D eigenvalue weighted by Gasteiger charge is 2.27. The van der Waals surface area contributed by atoms with E-state index in [2.05, 4.69) is 54.3 Å². The molecule has 1 amide bonds. The van der Waals surface area contributed by atoms with Crippen LogP contribution >= 0.6 is 11.3 Å². The number of benzene rings is 1. The molecule has 5 rings (SSSR count). The highest BCUT2D eigenvalue weighted by molar-refractivity contribution is 7.13. The topological polar surface area (TPSA) is 87.4 Å². The number of carbonyl (C=O) groups is 1. The Labute approximate surface area is 208 Å². The molecule has 8 nitrogen and oxygen atoms in total. The van der Waals surface area contributed by atoms with Crippen molar-refractivity contribution in [3.63, 3.8) is 0 Å². The van der Waals surface area contributed by atoms with E-state index in [1.807, 2.05) is 37.6 Å². The van der Waals surface area contributed by atoms with Crippen LogP contribution in [-0.2, 0) is 11.3 Å². The Morgan fingerprint density at radius 3 is 2.83 bits per heavy atom. The smallest absolute Gasteiger partial charge is 0.239 e. The average molecular weight is 489 g/mol. The zero-order valence-electron chi connectivity index (χ0n) is 19.8. The summed E-state index contributed by atoms with van der Waals surface area (Å²) in [7, 11) is 2.01. The number of anilines is 1. The quantitative estimate of drug-likeness (QED) is 0.395. The summed E-state index contributed by atoms with van der Waals surface area (Å²) in [4.78, 5) is 31.0. The number of nitrogens with zero attached hydrogens (tertiary/aromatic N) is 5. The molecule has 1 saturated heterocycles. The normalized spacial score (nSPS) is 16.1. The molecular formula is C26H28N6O2S. The van der Waals surface area contributed by atoms with Gasteiger partial charge in [0.25, 0.3) is 0 Å². The van der Waals surface area contributed by atoms with Crippen molar-refractivity contribution in [3.05, 3.63) is 71.4 Å². The lowest BCUT2D eigenvalue weighted by molar-refractivity contribution is -0.117. The van der Waals surface area contributed by atoms with E-state index in [4.69, 9.17) is 4.42 Å². The highest BCUT2D eigenvalue weighted by Crippen LogP contribution is 2.27. The van der Waals surface area contributed by atoms with Gasteiger partial charge in [0, 0.05) is 43.3 Å². The Kier molecular flexibility index (Phi) is 6.98. The number of furan rings is 1. The van der Waals surface area contributed by atoms with E-state index < -0.39 is 0 Å². The van der Waals surface area contributed by atoms with Crippen molar-refractivity contribution in [1.82, 2.24) is 24.8 Å². The Morgan fingerprint density at radius 2 is 2.09 bits per heavy atom. The number of aromatic nitrogens is 3. The average Bonchev–Trinajstić information content (AvgIpc) is 3.62. The van der Waals surface area contributed by atoms with E-state index in [-0.39, 0.29) is 12.5 Å². The van der Waals surface area contributed by atoms with E-state index in [0.29, 0.717) is 29.1 Å². The largest absolute Gasteiger partial charge is 0.458 e. The molecule has 0 spiro atoms. The van der Waals surface area contributed by atoms with Crippen molar-refractivity contribution in [1.29, 1.82) is 0 Å². The molecule has 35 heavy (non-hydrogen) atoms. The lowest BCUT2D eigenvalue weighted by Gasteiger charge is -2.24. The summed E-state index contributed by atoms with van der Waals surface area (Å²) in [6, 6.07) is 16.3. The van der Waals surface area contributed by atoms with Gasteiger partial charge < -0.3 is 9.73 Å². The lowest BCUT2D eigenvalue weighted by Crippen LogP contribution is -2.39. The standard InChI is InChI=1S/C26H28N6O2S/c1-18-8-9-22(34-18)25-28-21(26-27-11-13-35-26)14-23(30-25)29-24(33)17-31(2)20-10-12-32(16-20)15-19-6-4-3-5-7-19/h3-9,11,13-14,20H,10,12,15-17H2,1-2H3,(H,28,29,30,33). The van der Waals surface area contributed by atoms with Crippen LogP contribution in [0.3, 0.4) is 0 Å². The minimum Gasteiger partial charge on any atom is -0.458 e. The van der Waals surface area contributed by atoms with Gasteiger partial charge in [0.2, 0.25) is 5.91 Å². The maximum Gasteiger partial charge on any atom is 0.239 e. The van der Waals surface area contributed by atoms with Crippen molar-refractivity contribution in [3.8, 4) is 22.3 Å². The van der Waals surface area contributed by atoms with Crippen molar-refractivity contribution in [2.75, 3.05) is 32.0 Å². The van der Waals surface area contributed by atoms with Gasteiger partial charge in [-0.15, -0.1) is 11.3 Å². The first-order valence-electron chi connectivity index (χ1n) is 11.7. The number of amides is 1. The Hall–Kier alpha value is -3.40. The van der Waals surface area contributed by atoms with Crippen LogP contribution in [0.1, 0.15) is 17.7 Å². The second-order valence-corrected chi connectivity index (χ2v) is 9.73. The molecular weight excluding hydrogens is 460 g/mol. The Bertz CT molecular complexity index is 1270. The van der Waals surface area contributed by atoms with Gasteiger partial charge in [-0.25, -0.2) is 15.0 Å². The summed E-state index contributed by atoms with van der Waals surface area (Å²) < 4.78 is 5.72. The summed E-state index contributed by atoms with van der Waals surface area (Å²) in [6.45, 7) is 5.07. The molecule has 1 aliphatic rings. The van der Waals surface area contributed by atoms with Crippen LogP contribution in [0.15, 0.2) is 64.5 Å². The summed E-state index contributed by atoms with van der Waals surface area (Å²) in [5.41, 5.74) is 1.96. The number of hydrogen-bond acceptors (Lipinski definition) is 8. The fraction of sp³-hybridized carbons (Fsp3) is 0.308. The molecule has 1 unspecified atom stereocenters. The van der Waals surface area contributed by atoms with E-state index >= 15 is 0 Å². The second-order valence-electron chi connectivity index (χ2n) is 8.84. The molecule has 9 heteroatoms. The van der Waals surface area contributed by atoms with Crippen LogP contribution in [0.5, 0.6) is 0 Å². The van der Waals surface area contributed by atoms with Crippen molar-refractivity contribution in [2.24, 2.45) is 0 Å². The number of rotatable bonds is 8. The molecule has 1 fully saturated rings. The number of carbonyl (C=O) groups excluding carboxylic acids is 1. The third-order valence-corrected chi connectivity index (χ3v) is 6.91. The molecule has 0 radical (unpaired) electrons. The minimum absolute atomic E-state index is 0.112. The molecule has 1 N–H and O–H groups in total. The van der Waals surface area contributed by atoms with Gasteiger partial charge in [-0.05, 0) is 38.1 Å². The molecule has 1 aromatic carbocycles. The predicted molar refractivity (Wildman–Crippen MR) is 137 cm³/mol. The molecule has 4 heterocycles. The molecule has 0 saturated carbocycles. The summed E-state index contributed by atoms with van der Waals surface area (Å²) in [5.74, 6) is 2.07. The van der Waals surface area contributed by atoms with Crippen LogP contribution in [0.25, 0.3) is 22.3 Å². The van der Waals surface area contributed by atoms with Crippen LogP contribution in [0, 0.1) is 6.92 Å². The molecule has 1 aliphatic heterocycles. The fourth-order valence-electron chi connectivity index (χ4n) is 4.33. The predicted octanol–water partition coefficient (Wildman–Crippen LogP) is 4.31. The monoisotopic (exact) mass is 488 g/mol. The molecule has 1 atom stereocenters. The zero-order chi connectivity index (χ0) is 24.2. The van der Waals surface area contributed by atoms with Gasteiger partial charge in [-0.1, -0.05) is 30.3 Å². The number of aryl methyl sites for hydroxylation is 1. The SMILES string of the molecule is Cc1ccc(-c2nc(NC(=O)CN(C)C3CCN(Cc4ccccc4)C3)cc(-c3nccs3)n2)o1. The van der Waals surface area contributed by atoms with Crippen molar-refractivity contribution in [2.45, 2.75) is 25.9 Å². The number of likely N-dealkylation sites (N-methyl/N-ethyl adjacent to an activating group) is 1. The van der Waals surface area contributed by atoms with Gasteiger partial charge in [-0.3, -0.25) is 14.6 Å². The first-order valence-corrected chi connectivity index (χ1v) is 12.5. The van der Waals surface area contributed by atoms with E-state index in [1.165, 1.54) is 16.9 Å². The maximum atomic E-state index is 12.9. The van der Waals surface area contributed by atoms with Crippen molar-refractivity contribution >= 4 is 23.1 Å². The van der Waals surface area contributed by atoms with Gasteiger partial charge in [0.15, 0.2) is 11.6 Å². The summed E-state index contributed by atoms with van der Waals surface area (Å²) >= 11 is 1.48. The molecule has 3 aromatic heterocycles. The van der Waals surface area contributed by atoms with Crippen molar-refractivity contribution < 1.29 is 9.21 Å². The second kappa shape index (κ2) is 10.5. The third-order valence-electron chi connectivity index (χ3n) is 6.12. The number of hydrogen-bond donors (Lipinski definition) is 1. The van der Waals surface area contributed by atoms with Crippen LogP contribution in [0.2, 0.25) is 0 Å². The van der Waals surface area contributed by atoms with Gasteiger partial charge in [-0.2, -0.15) is 0 Å². The first-order chi connectivity index (χ1) is 17.0. The van der Waals surface area contributed by atoms with Crippen LogP contribution < -0.4 is 5.32 Å². The molecule has 180 valence electrons. The lowest BCUT2D eigenvalue weighted by atomic mass is 10.2. The van der Waals surface area contributed by atoms with E-state index in [9.17, 15) is 4.79 Å². The number of likely N-dealkylation sites (tertiary alicyclic amines) is 1. The molecule has 0 bridgehead atoms. The summed E-state index contributed by atoms with van der Waals surface area (Å²) in [6.07, 6.45) is 2.77. The third kappa shape index (κ3) is 5.82. The van der Waals surface area contributed by atoms with Crippen LogP contribution in [0.4, 0.5) is 5.82 Å². The highest BCUT2D eigenvalue weighted by atomic mass is 32.1. The maximum absolute atomic E-state index is 12.9. The summed E-state index contributed by atoms with van der Waals surface area (Å²) in [5, 5.41) is 5.61. The van der Waals surface area contributed by atoms with Crippen LogP contribution in [-0.4, -0.2) is 63.4 Å². The van der Waals surface area contributed by atoms with E-state index in [0.717, 1.165) is 36.8 Å². The fourth-order valence-corrected chi connectivity index (χ4v) is 4.93. The number of nitrogens with one attached hydrogen (secondary N) is 1. The Morgan fingerprint density at radius 1 is 1.23 bits per heavy atom. The van der Waals surface area contributed by atoms with Gasteiger partial charge >= 0.3 is 0 Å². The van der Waals surface area contributed by atoms with Gasteiger partial charge in [0.1, 0.15) is 22.3 Å². The molecule has 4 aromatic rings. The van der Waals surface area contributed by atoms with E-state index in [1.54, 1.807) is 12.3 Å².